The van der Waals surface area contributed by atoms with Crippen molar-refractivity contribution in [2.45, 2.75) is 26.2 Å². The third kappa shape index (κ3) is 5.86. The first-order valence-corrected chi connectivity index (χ1v) is 10.5. The fraction of sp³-hybridized carbons (Fsp3) is 0.292. The minimum Gasteiger partial charge on any atom is -0.493 e. The molecule has 0 fully saturated rings. The fourth-order valence-electron chi connectivity index (χ4n) is 3.20. The molecule has 1 N–H and O–H groups in total. The van der Waals surface area contributed by atoms with Crippen LogP contribution in [0.3, 0.4) is 0 Å². The van der Waals surface area contributed by atoms with Crippen LogP contribution in [0.4, 0.5) is 5.69 Å². The number of ether oxygens (including phenoxy) is 2. The SMILES string of the molecule is CCCOc1cc(C2=NN(C(=O)c3ccc(NN=C(C#N)C#N)cc3)CCC2)ccc1OC. The van der Waals surface area contributed by atoms with E-state index in [1.165, 1.54) is 5.01 Å². The molecular weight excluding hydrogens is 420 g/mol. The van der Waals surface area contributed by atoms with Crippen LogP contribution in [0.2, 0.25) is 0 Å². The number of anilines is 1. The number of methoxy groups -OCH3 is 1. The molecule has 0 saturated carbocycles. The average molecular weight is 444 g/mol. The second-order valence-corrected chi connectivity index (χ2v) is 7.17. The summed E-state index contributed by atoms with van der Waals surface area (Å²) in [7, 11) is 1.60. The van der Waals surface area contributed by atoms with E-state index >= 15 is 0 Å². The third-order valence-corrected chi connectivity index (χ3v) is 4.86. The summed E-state index contributed by atoms with van der Waals surface area (Å²) >= 11 is 0. The Labute approximate surface area is 192 Å². The van der Waals surface area contributed by atoms with Gasteiger partial charge in [0.25, 0.3) is 5.91 Å². The molecular formula is C24H24N6O3. The number of hydrazone groups is 2. The molecule has 0 bridgehead atoms. The van der Waals surface area contributed by atoms with Gasteiger partial charge < -0.3 is 9.47 Å². The molecule has 0 spiro atoms. The Morgan fingerprint density at radius 1 is 1.18 bits per heavy atom. The van der Waals surface area contributed by atoms with Gasteiger partial charge in [0.15, 0.2) is 11.5 Å². The third-order valence-electron chi connectivity index (χ3n) is 4.86. The van der Waals surface area contributed by atoms with E-state index in [0.29, 0.717) is 35.9 Å². The zero-order chi connectivity index (χ0) is 23.6. The minimum atomic E-state index is -0.285. The van der Waals surface area contributed by atoms with Gasteiger partial charge in [-0.3, -0.25) is 10.2 Å². The lowest BCUT2D eigenvalue weighted by Crippen LogP contribution is -2.32. The summed E-state index contributed by atoms with van der Waals surface area (Å²) in [6, 6.07) is 15.6. The largest absolute Gasteiger partial charge is 0.493 e. The highest BCUT2D eigenvalue weighted by molar-refractivity contribution is 6.10. The van der Waals surface area contributed by atoms with E-state index in [-0.39, 0.29) is 11.6 Å². The maximum Gasteiger partial charge on any atom is 0.273 e. The van der Waals surface area contributed by atoms with Crippen molar-refractivity contribution in [3.63, 3.8) is 0 Å². The molecule has 0 unspecified atom stereocenters. The molecule has 1 aliphatic heterocycles. The van der Waals surface area contributed by atoms with Crippen molar-refractivity contribution in [3.8, 4) is 23.6 Å². The van der Waals surface area contributed by atoms with Crippen molar-refractivity contribution in [1.82, 2.24) is 5.01 Å². The van der Waals surface area contributed by atoms with Crippen LogP contribution in [-0.4, -0.2) is 42.6 Å². The van der Waals surface area contributed by atoms with E-state index in [1.807, 2.05) is 25.1 Å². The summed E-state index contributed by atoms with van der Waals surface area (Å²) < 4.78 is 11.2. The number of hydrogen-bond acceptors (Lipinski definition) is 8. The van der Waals surface area contributed by atoms with Gasteiger partial charge in [-0.2, -0.15) is 20.7 Å². The molecule has 9 nitrogen and oxygen atoms in total. The molecule has 1 aliphatic rings. The molecule has 0 saturated heterocycles. The maximum absolute atomic E-state index is 13.0. The molecule has 0 aliphatic carbocycles. The van der Waals surface area contributed by atoms with E-state index in [9.17, 15) is 4.79 Å². The fourth-order valence-corrected chi connectivity index (χ4v) is 3.20. The summed E-state index contributed by atoms with van der Waals surface area (Å²) in [5.41, 5.74) is 5.06. The smallest absolute Gasteiger partial charge is 0.273 e. The number of nitrogens with zero attached hydrogens (tertiary/aromatic N) is 5. The van der Waals surface area contributed by atoms with E-state index < -0.39 is 0 Å². The quantitative estimate of drug-likeness (QED) is 0.486. The lowest BCUT2D eigenvalue weighted by molar-refractivity contribution is 0.0751. The second-order valence-electron chi connectivity index (χ2n) is 7.17. The van der Waals surface area contributed by atoms with Crippen molar-refractivity contribution >= 4 is 23.0 Å². The number of amides is 1. The summed E-state index contributed by atoms with van der Waals surface area (Å²) in [6.45, 7) is 3.15. The number of nitriles is 2. The Morgan fingerprint density at radius 3 is 2.61 bits per heavy atom. The molecule has 0 atom stereocenters. The van der Waals surface area contributed by atoms with Gasteiger partial charge in [0.05, 0.1) is 25.1 Å². The number of hydrogen-bond donors (Lipinski definition) is 1. The number of rotatable bonds is 8. The minimum absolute atomic E-state index is 0.215. The van der Waals surface area contributed by atoms with Crippen molar-refractivity contribution in [3.05, 3.63) is 53.6 Å². The Hall–Kier alpha value is -4.37. The summed E-state index contributed by atoms with van der Waals surface area (Å²) in [5, 5.41) is 27.2. The van der Waals surface area contributed by atoms with Gasteiger partial charge in [-0.1, -0.05) is 6.92 Å². The normalized spacial score (nSPS) is 12.6. The van der Waals surface area contributed by atoms with E-state index in [4.69, 9.17) is 20.0 Å². The molecule has 2 aromatic carbocycles. The van der Waals surface area contributed by atoms with Crippen LogP contribution in [0.1, 0.15) is 42.1 Å². The number of benzene rings is 2. The van der Waals surface area contributed by atoms with Crippen LogP contribution >= 0.6 is 0 Å². The molecule has 1 heterocycles. The van der Waals surface area contributed by atoms with E-state index in [2.05, 4.69) is 15.6 Å². The van der Waals surface area contributed by atoms with Crippen LogP contribution in [0.25, 0.3) is 0 Å². The van der Waals surface area contributed by atoms with Crippen molar-refractivity contribution < 1.29 is 14.3 Å². The standard InChI is InChI=1S/C24H24N6O3/c1-3-13-33-23-14-18(8-11-22(23)32-2)21-5-4-12-30(29-21)24(31)17-6-9-19(10-7-17)27-28-20(15-25)16-26/h6-11,14,27H,3-5,12-13H2,1-2H3. The molecule has 0 radical (unpaired) electrons. The summed E-state index contributed by atoms with van der Waals surface area (Å²) in [5.74, 6) is 1.10. The van der Waals surface area contributed by atoms with Gasteiger partial charge in [0.1, 0.15) is 12.1 Å². The molecule has 2 aromatic rings. The van der Waals surface area contributed by atoms with Crippen molar-refractivity contribution in [1.29, 1.82) is 10.5 Å². The number of carbonyl (C=O) groups is 1. The molecule has 33 heavy (non-hydrogen) atoms. The Kier molecular flexibility index (Phi) is 7.98. The van der Waals surface area contributed by atoms with Crippen LogP contribution in [0.15, 0.2) is 52.7 Å². The van der Waals surface area contributed by atoms with Crippen LogP contribution < -0.4 is 14.9 Å². The van der Waals surface area contributed by atoms with Crippen molar-refractivity contribution in [2.75, 3.05) is 25.7 Å². The van der Waals surface area contributed by atoms with Gasteiger partial charge in [-0.05, 0) is 61.7 Å². The number of carbonyl (C=O) groups excluding carboxylic acids is 1. The predicted octanol–water partition coefficient (Wildman–Crippen LogP) is 3.94. The Morgan fingerprint density at radius 2 is 1.94 bits per heavy atom. The van der Waals surface area contributed by atoms with Gasteiger partial charge in [0, 0.05) is 17.7 Å². The summed E-state index contributed by atoms with van der Waals surface area (Å²) in [4.78, 5) is 13.0. The number of nitrogens with one attached hydrogen (secondary N) is 1. The van der Waals surface area contributed by atoms with E-state index in [1.54, 1.807) is 43.5 Å². The van der Waals surface area contributed by atoms with Gasteiger partial charge in [-0.25, -0.2) is 5.01 Å². The first-order chi connectivity index (χ1) is 16.1. The lowest BCUT2D eigenvalue weighted by atomic mass is 10.0. The molecule has 1 amide bonds. The lowest BCUT2D eigenvalue weighted by Gasteiger charge is -2.24. The highest BCUT2D eigenvalue weighted by Crippen LogP contribution is 2.30. The van der Waals surface area contributed by atoms with Crippen molar-refractivity contribution in [2.24, 2.45) is 10.2 Å². The van der Waals surface area contributed by atoms with Crippen LogP contribution in [-0.2, 0) is 0 Å². The first kappa shape index (κ1) is 23.3. The maximum atomic E-state index is 13.0. The molecule has 3 rings (SSSR count). The van der Waals surface area contributed by atoms with Crippen LogP contribution in [0, 0.1) is 22.7 Å². The Balaban J connectivity index is 1.77. The van der Waals surface area contributed by atoms with Gasteiger partial charge >= 0.3 is 0 Å². The molecule has 9 heteroatoms. The van der Waals surface area contributed by atoms with Gasteiger partial charge in [0.2, 0.25) is 5.71 Å². The molecule has 0 aromatic heterocycles. The van der Waals surface area contributed by atoms with Crippen LogP contribution in [0.5, 0.6) is 11.5 Å². The first-order valence-electron chi connectivity index (χ1n) is 10.5. The zero-order valence-electron chi connectivity index (χ0n) is 18.5. The predicted molar refractivity (Wildman–Crippen MR) is 124 cm³/mol. The van der Waals surface area contributed by atoms with E-state index in [0.717, 1.165) is 30.5 Å². The Bertz CT molecular complexity index is 1130. The molecule has 168 valence electrons. The monoisotopic (exact) mass is 444 g/mol. The average Bonchev–Trinajstić information content (AvgIpc) is 2.88. The zero-order valence-corrected chi connectivity index (χ0v) is 18.5. The topological polar surface area (TPSA) is 123 Å². The highest BCUT2D eigenvalue weighted by atomic mass is 16.5. The van der Waals surface area contributed by atoms with Gasteiger partial charge in [-0.15, -0.1) is 0 Å². The second kappa shape index (κ2) is 11.3. The highest BCUT2D eigenvalue weighted by Gasteiger charge is 2.21. The summed E-state index contributed by atoms with van der Waals surface area (Å²) in [6.07, 6.45) is 2.43.